The van der Waals surface area contributed by atoms with Gasteiger partial charge in [-0.1, -0.05) is 24.3 Å². The fourth-order valence-electron chi connectivity index (χ4n) is 2.93. The van der Waals surface area contributed by atoms with Crippen LogP contribution in [0.1, 0.15) is 30.5 Å². The smallest absolute Gasteiger partial charge is 0.0646 e. The van der Waals surface area contributed by atoms with Crippen LogP contribution in [-0.2, 0) is 11.2 Å². The van der Waals surface area contributed by atoms with Gasteiger partial charge in [0.15, 0.2) is 0 Å². The molecule has 2 heterocycles. The minimum atomic E-state index is 0.161. The van der Waals surface area contributed by atoms with Crippen molar-refractivity contribution in [3.05, 3.63) is 35.4 Å². The van der Waals surface area contributed by atoms with Crippen LogP contribution in [0.25, 0.3) is 0 Å². The van der Waals surface area contributed by atoms with E-state index in [4.69, 9.17) is 4.74 Å². The molecule has 98 valence electrons. The van der Waals surface area contributed by atoms with Gasteiger partial charge in [-0.05, 0) is 37.4 Å². The topological polar surface area (TPSA) is 33.3 Å². The Labute approximate surface area is 109 Å². The van der Waals surface area contributed by atoms with Gasteiger partial charge in [0.25, 0.3) is 0 Å². The first-order chi connectivity index (χ1) is 8.77. The van der Waals surface area contributed by atoms with Crippen molar-refractivity contribution in [3.8, 4) is 0 Å². The van der Waals surface area contributed by atoms with E-state index in [0.29, 0.717) is 6.04 Å². The molecule has 0 aromatic heterocycles. The van der Waals surface area contributed by atoms with E-state index in [9.17, 15) is 0 Å². The lowest BCUT2D eigenvalue weighted by Crippen LogP contribution is -2.47. The first-order valence-corrected chi connectivity index (χ1v) is 6.91. The highest BCUT2D eigenvalue weighted by atomic mass is 16.5. The summed E-state index contributed by atoms with van der Waals surface area (Å²) in [6.45, 7) is 6.04. The van der Waals surface area contributed by atoms with Crippen LogP contribution in [0, 0.1) is 0 Å². The van der Waals surface area contributed by atoms with Gasteiger partial charge in [0.1, 0.15) is 0 Å². The van der Waals surface area contributed by atoms with Crippen LogP contribution in [0.15, 0.2) is 24.3 Å². The van der Waals surface area contributed by atoms with Crippen molar-refractivity contribution in [3.63, 3.8) is 0 Å². The fourth-order valence-corrected chi connectivity index (χ4v) is 2.93. The average molecular weight is 246 g/mol. The first-order valence-electron chi connectivity index (χ1n) is 6.91. The van der Waals surface area contributed by atoms with Gasteiger partial charge >= 0.3 is 0 Å². The van der Waals surface area contributed by atoms with Gasteiger partial charge in [-0.25, -0.2) is 0 Å². The molecule has 2 unspecified atom stereocenters. The van der Waals surface area contributed by atoms with E-state index in [1.807, 2.05) is 0 Å². The van der Waals surface area contributed by atoms with Gasteiger partial charge in [-0.2, -0.15) is 0 Å². The number of nitrogens with one attached hydrogen (secondary N) is 2. The molecule has 3 heteroatoms. The summed E-state index contributed by atoms with van der Waals surface area (Å²) in [5.41, 5.74) is 3.11. The molecule has 1 saturated heterocycles. The summed E-state index contributed by atoms with van der Waals surface area (Å²) in [5, 5.41) is 7.29. The van der Waals surface area contributed by atoms with Crippen molar-refractivity contribution in [2.24, 2.45) is 0 Å². The Bertz CT molecular complexity index is 413. The highest BCUT2D eigenvalue weighted by molar-refractivity contribution is 5.32. The molecule has 1 fully saturated rings. The largest absolute Gasteiger partial charge is 0.379 e. The van der Waals surface area contributed by atoms with Crippen LogP contribution in [-0.4, -0.2) is 31.8 Å². The predicted molar refractivity (Wildman–Crippen MR) is 72.7 cm³/mol. The van der Waals surface area contributed by atoms with Crippen LogP contribution < -0.4 is 10.6 Å². The molecule has 2 aliphatic rings. The van der Waals surface area contributed by atoms with Gasteiger partial charge in [0.2, 0.25) is 0 Å². The van der Waals surface area contributed by atoms with E-state index in [1.54, 1.807) is 0 Å². The maximum Gasteiger partial charge on any atom is 0.0646 e. The summed E-state index contributed by atoms with van der Waals surface area (Å²) < 4.78 is 5.49. The Hall–Kier alpha value is -0.900. The average Bonchev–Trinajstić information content (AvgIpc) is 2.84. The molecule has 0 saturated carbocycles. The molecule has 0 radical (unpaired) electrons. The third-order valence-electron chi connectivity index (χ3n) is 4.17. The van der Waals surface area contributed by atoms with Crippen LogP contribution in [0.5, 0.6) is 0 Å². The van der Waals surface area contributed by atoms with Crippen LogP contribution in [0.3, 0.4) is 0 Å². The van der Waals surface area contributed by atoms with Gasteiger partial charge in [0, 0.05) is 24.7 Å². The summed E-state index contributed by atoms with van der Waals surface area (Å²) >= 11 is 0. The quantitative estimate of drug-likeness (QED) is 0.850. The van der Waals surface area contributed by atoms with E-state index in [-0.39, 0.29) is 5.54 Å². The van der Waals surface area contributed by atoms with Crippen molar-refractivity contribution in [2.75, 3.05) is 26.3 Å². The third kappa shape index (κ3) is 2.44. The van der Waals surface area contributed by atoms with Crippen LogP contribution in [0.2, 0.25) is 0 Å². The number of ether oxygens (including phenoxy) is 1. The molecule has 3 rings (SSSR count). The molecular weight excluding hydrogens is 224 g/mol. The molecular formula is C15H22N2O. The minimum Gasteiger partial charge on any atom is -0.379 e. The molecule has 2 N–H and O–H groups in total. The lowest BCUT2D eigenvalue weighted by Gasteiger charge is -2.31. The Kier molecular flexibility index (Phi) is 3.37. The second-order valence-corrected chi connectivity index (χ2v) is 5.70. The zero-order valence-electron chi connectivity index (χ0n) is 11.0. The molecule has 0 aliphatic carbocycles. The zero-order valence-corrected chi connectivity index (χ0v) is 11.0. The number of rotatable bonds is 3. The Morgan fingerprint density at radius 2 is 2.33 bits per heavy atom. The molecule has 1 aromatic carbocycles. The van der Waals surface area contributed by atoms with E-state index < -0.39 is 0 Å². The number of hydrogen-bond acceptors (Lipinski definition) is 3. The summed E-state index contributed by atoms with van der Waals surface area (Å²) in [6, 6.07) is 9.22. The number of benzene rings is 1. The minimum absolute atomic E-state index is 0.161. The normalized spacial score (nSPS) is 31.3. The molecule has 2 atom stereocenters. The van der Waals surface area contributed by atoms with Crippen LogP contribution >= 0.6 is 0 Å². The zero-order chi connectivity index (χ0) is 12.4. The maximum absolute atomic E-state index is 5.49. The molecule has 3 nitrogen and oxygen atoms in total. The van der Waals surface area contributed by atoms with Crippen molar-refractivity contribution < 1.29 is 4.74 Å². The highest BCUT2D eigenvalue weighted by Crippen LogP contribution is 2.24. The van der Waals surface area contributed by atoms with E-state index in [0.717, 1.165) is 39.1 Å². The molecule has 0 amide bonds. The standard InChI is InChI=1S/C15H22N2O/c1-15(7-9-18-11-15)17-10-14-13-5-3-2-4-12(13)6-8-16-14/h2-5,14,16-17H,6-11H2,1H3. The maximum atomic E-state index is 5.49. The van der Waals surface area contributed by atoms with E-state index in [1.165, 1.54) is 11.1 Å². The number of hydrogen-bond donors (Lipinski definition) is 2. The summed E-state index contributed by atoms with van der Waals surface area (Å²) in [5.74, 6) is 0. The number of fused-ring (bicyclic) bond motifs is 1. The van der Waals surface area contributed by atoms with E-state index in [2.05, 4.69) is 41.8 Å². The molecule has 1 aromatic rings. The Morgan fingerprint density at radius 3 is 3.17 bits per heavy atom. The lowest BCUT2D eigenvalue weighted by molar-refractivity contribution is 0.170. The predicted octanol–water partition coefficient (Wildman–Crippen LogP) is 1.64. The summed E-state index contributed by atoms with van der Waals surface area (Å²) in [6.07, 6.45) is 2.26. The lowest BCUT2D eigenvalue weighted by atomic mass is 9.93. The van der Waals surface area contributed by atoms with Gasteiger partial charge in [-0.3, -0.25) is 0 Å². The van der Waals surface area contributed by atoms with Crippen molar-refractivity contribution in [1.29, 1.82) is 0 Å². The highest BCUT2D eigenvalue weighted by Gasteiger charge is 2.30. The van der Waals surface area contributed by atoms with Crippen molar-refractivity contribution in [1.82, 2.24) is 10.6 Å². The van der Waals surface area contributed by atoms with Crippen LogP contribution in [0.4, 0.5) is 0 Å². The fraction of sp³-hybridized carbons (Fsp3) is 0.600. The van der Waals surface area contributed by atoms with Gasteiger partial charge in [-0.15, -0.1) is 0 Å². The SMILES string of the molecule is CC1(NCC2NCCc3ccccc32)CCOC1. The second-order valence-electron chi connectivity index (χ2n) is 5.70. The molecule has 2 aliphatic heterocycles. The van der Waals surface area contributed by atoms with Crippen molar-refractivity contribution in [2.45, 2.75) is 31.3 Å². The van der Waals surface area contributed by atoms with Gasteiger partial charge in [0.05, 0.1) is 6.61 Å². The van der Waals surface area contributed by atoms with E-state index >= 15 is 0 Å². The Morgan fingerprint density at radius 1 is 1.44 bits per heavy atom. The molecule has 0 spiro atoms. The Balaban J connectivity index is 1.67. The second kappa shape index (κ2) is 5.00. The molecule has 18 heavy (non-hydrogen) atoms. The first kappa shape index (κ1) is 12.2. The van der Waals surface area contributed by atoms with Crippen molar-refractivity contribution >= 4 is 0 Å². The summed E-state index contributed by atoms with van der Waals surface area (Å²) in [7, 11) is 0. The monoisotopic (exact) mass is 246 g/mol. The summed E-state index contributed by atoms with van der Waals surface area (Å²) in [4.78, 5) is 0. The van der Waals surface area contributed by atoms with Gasteiger partial charge < -0.3 is 15.4 Å². The third-order valence-corrected chi connectivity index (χ3v) is 4.17. The molecule has 0 bridgehead atoms.